The molecule has 12 heavy (non-hydrogen) atoms. The number of hydrogen-bond donors (Lipinski definition) is 0. The Kier molecular flexibility index (Phi) is 2.36. The summed E-state index contributed by atoms with van der Waals surface area (Å²) in [4.78, 5) is 4.02. The van der Waals surface area contributed by atoms with Crippen LogP contribution in [0.3, 0.4) is 0 Å². The third kappa shape index (κ3) is 1.57. The third-order valence-corrected chi connectivity index (χ3v) is 8.62. The third-order valence-electron chi connectivity index (χ3n) is 2.36. The Morgan fingerprint density at radius 3 is 2.33 bits per heavy atom. The normalized spacial score (nSPS) is 17.4. The molecule has 1 heterocycles. The summed E-state index contributed by atoms with van der Waals surface area (Å²) in [5, 5.41) is 0.148. The molecule has 0 aliphatic carbocycles. The van der Waals surface area contributed by atoms with Gasteiger partial charge in [-0.25, -0.2) is 4.98 Å². The van der Waals surface area contributed by atoms with Gasteiger partial charge in [-0.3, -0.25) is 0 Å². The van der Waals surface area contributed by atoms with E-state index in [9.17, 15) is 0 Å². The van der Waals surface area contributed by atoms with E-state index in [4.69, 9.17) is 11.1 Å². The van der Waals surface area contributed by atoms with Gasteiger partial charge in [0.05, 0.1) is 6.33 Å². The Morgan fingerprint density at radius 1 is 1.42 bits per heavy atom. The second-order valence-corrected chi connectivity index (χ2v) is 10.3. The van der Waals surface area contributed by atoms with Crippen LogP contribution in [0.4, 0.5) is 0 Å². The first-order valence-electron chi connectivity index (χ1n) is 4.03. The molecular weight excluding hydrogens is 188 g/mol. The molecule has 0 radical (unpaired) electrons. The van der Waals surface area contributed by atoms with Gasteiger partial charge in [0.1, 0.15) is 0 Å². The van der Waals surface area contributed by atoms with Crippen LogP contribution in [0.2, 0.25) is 11.6 Å². The average Bonchev–Trinajstić information content (AvgIpc) is 2.34. The van der Waals surface area contributed by atoms with Crippen molar-refractivity contribution in [1.29, 1.82) is 0 Å². The van der Waals surface area contributed by atoms with Gasteiger partial charge >= 0.3 is 0 Å². The highest BCUT2D eigenvalue weighted by molar-refractivity contribution is 7.20. The van der Waals surface area contributed by atoms with Gasteiger partial charge in [0, 0.05) is 12.4 Å². The Labute approximate surface area is 79.4 Å². The second kappa shape index (κ2) is 2.89. The van der Waals surface area contributed by atoms with Crippen molar-refractivity contribution in [3.05, 3.63) is 18.7 Å². The molecule has 4 heteroatoms. The molecule has 0 bridgehead atoms. The monoisotopic (exact) mass is 202 g/mol. The van der Waals surface area contributed by atoms with E-state index in [-0.39, 0.29) is 5.04 Å². The topological polar surface area (TPSA) is 17.8 Å². The minimum absolute atomic E-state index is 0.148. The van der Waals surface area contributed by atoms with Crippen molar-refractivity contribution in [2.75, 3.05) is 0 Å². The maximum Gasteiger partial charge on any atom is 0.262 e. The molecule has 0 spiro atoms. The zero-order valence-electron chi connectivity index (χ0n) is 8.00. The van der Waals surface area contributed by atoms with Gasteiger partial charge in [-0.15, -0.1) is 11.1 Å². The standard InChI is InChI=1S/C8H15ClN2Si/c1-8(2,3)12(4,9)11-6-5-10-7-11/h5-7H,1-4H3. The predicted octanol–water partition coefficient (Wildman–Crippen LogP) is 2.84. The molecule has 0 saturated carbocycles. The Morgan fingerprint density at radius 2 is 2.00 bits per heavy atom. The summed E-state index contributed by atoms with van der Waals surface area (Å²) in [5.41, 5.74) is 0. The number of rotatable bonds is 1. The van der Waals surface area contributed by atoms with Crippen LogP contribution in [0.5, 0.6) is 0 Å². The summed E-state index contributed by atoms with van der Waals surface area (Å²) in [7, 11) is -1.90. The lowest BCUT2D eigenvalue weighted by Gasteiger charge is -2.34. The Hall–Kier alpha value is -0.283. The van der Waals surface area contributed by atoms with Crippen LogP contribution in [-0.4, -0.2) is 16.8 Å². The molecule has 0 aromatic carbocycles. The van der Waals surface area contributed by atoms with Gasteiger partial charge in [0.15, 0.2) is 0 Å². The number of nitrogens with zero attached hydrogens (tertiary/aromatic N) is 2. The number of aromatic nitrogens is 2. The molecule has 0 N–H and O–H groups in total. The fourth-order valence-electron chi connectivity index (χ4n) is 0.895. The SMILES string of the molecule is CC(C)(C)[Si](C)(Cl)n1ccnc1. The average molecular weight is 203 g/mol. The molecule has 2 nitrogen and oxygen atoms in total. The highest BCUT2D eigenvalue weighted by Crippen LogP contribution is 2.39. The van der Waals surface area contributed by atoms with Crippen LogP contribution < -0.4 is 0 Å². The minimum Gasteiger partial charge on any atom is -0.350 e. The van der Waals surface area contributed by atoms with Gasteiger partial charge < -0.3 is 4.23 Å². The summed E-state index contributed by atoms with van der Waals surface area (Å²) < 4.78 is 2.06. The first kappa shape index (κ1) is 9.80. The van der Waals surface area contributed by atoms with E-state index in [2.05, 4.69) is 36.5 Å². The highest BCUT2D eigenvalue weighted by Gasteiger charge is 2.40. The van der Waals surface area contributed by atoms with Crippen molar-refractivity contribution in [1.82, 2.24) is 9.22 Å². The maximum atomic E-state index is 6.54. The Bertz CT molecular complexity index is 249. The lowest BCUT2D eigenvalue weighted by Crippen LogP contribution is -2.42. The molecule has 1 rings (SSSR count). The number of imidazole rings is 1. The first-order chi connectivity index (χ1) is 5.36. The van der Waals surface area contributed by atoms with E-state index in [1.165, 1.54) is 0 Å². The zero-order valence-corrected chi connectivity index (χ0v) is 9.76. The molecule has 1 aromatic rings. The molecule has 1 unspecified atom stereocenters. The van der Waals surface area contributed by atoms with Gasteiger partial charge in [-0.1, -0.05) is 20.8 Å². The highest BCUT2D eigenvalue weighted by atomic mass is 35.6. The van der Waals surface area contributed by atoms with Gasteiger partial charge in [0.2, 0.25) is 0 Å². The smallest absolute Gasteiger partial charge is 0.262 e. The fraction of sp³-hybridized carbons (Fsp3) is 0.625. The van der Waals surface area contributed by atoms with E-state index >= 15 is 0 Å². The number of halogens is 1. The quantitative estimate of drug-likeness (QED) is 0.506. The largest absolute Gasteiger partial charge is 0.350 e. The molecule has 0 aliphatic heterocycles. The summed E-state index contributed by atoms with van der Waals surface area (Å²) in [5.74, 6) is 0. The summed E-state index contributed by atoms with van der Waals surface area (Å²) >= 11 is 6.54. The lowest BCUT2D eigenvalue weighted by atomic mass is 10.3. The lowest BCUT2D eigenvalue weighted by molar-refractivity contribution is 0.713. The van der Waals surface area contributed by atoms with Gasteiger partial charge in [-0.2, -0.15) is 0 Å². The zero-order chi connectivity index (χ0) is 9.41. The van der Waals surface area contributed by atoms with Crippen LogP contribution in [-0.2, 0) is 0 Å². The van der Waals surface area contributed by atoms with Crippen LogP contribution in [0.25, 0.3) is 0 Å². The molecule has 0 aliphatic rings. The minimum atomic E-state index is -1.90. The maximum absolute atomic E-state index is 6.54. The fourth-order valence-corrected chi connectivity index (χ4v) is 2.60. The van der Waals surface area contributed by atoms with E-state index in [1.54, 1.807) is 6.20 Å². The van der Waals surface area contributed by atoms with Gasteiger partial charge in [0.25, 0.3) is 7.55 Å². The van der Waals surface area contributed by atoms with E-state index in [0.717, 1.165) is 0 Å². The van der Waals surface area contributed by atoms with Crippen LogP contribution in [0, 0.1) is 0 Å². The summed E-state index contributed by atoms with van der Waals surface area (Å²) in [6.45, 7) is 8.65. The van der Waals surface area contributed by atoms with Crippen molar-refractivity contribution in [3.8, 4) is 0 Å². The summed E-state index contributed by atoms with van der Waals surface area (Å²) in [6, 6.07) is 0. The molecule has 0 saturated heterocycles. The Balaban J connectivity index is 3.02. The summed E-state index contributed by atoms with van der Waals surface area (Å²) in [6.07, 6.45) is 5.54. The van der Waals surface area contributed by atoms with E-state index < -0.39 is 7.55 Å². The molecule has 0 fully saturated rings. The first-order valence-corrected chi connectivity index (χ1v) is 7.49. The number of hydrogen-bond acceptors (Lipinski definition) is 1. The molecular formula is C8H15ClN2Si. The predicted molar refractivity (Wildman–Crippen MR) is 54.8 cm³/mol. The van der Waals surface area contributed by atoms with Crippen molar-refractivity contribution in [2.45, 2.75) is 32.4 Å². The van der Waals surface area contributed by atoms with Crippen molar-refractivity contribution in [2.24, 2.45) is 0 Å². The van der Waals surface area contributed by atoms with Crippen molar-refractivity contribution < 1.29 is 0 Å². The van der Waals surface area contributed by atoms with Gasteiger partial charge in [-0.05, 0) is 11.6 Å². The second-order valence-electron chi connectivity index (χ2n) is 4.17. The molecule has 68 valence electrons. The van der Waals surface area contributed by atoms with Crippen LogP contribution in [0.15, 0.2) is 18.7 Å². The van der Waals surface area contributed by atoms with Crippen molar-refractivity contribution >= 4 is 18.6 Å². The van der Waals surface area contributed by atoms with E-state index in [0.29, 0.717) is 0 Å². The molecule has 0 amide bonds. The van der Waals surface area contributed by atoms with Crippen LogP contribution >= 0.6 is 11.1 Å². The molecule has 1 aromatic heterocycles. The molecule has 1 atom stereocenters. The van der Waals surface area contributed by atoms with Crippen molar-refractivity contribution in [3.63, 3.8) is 0 Å². The van der Waals surface area contributed by atoms with Crippen LogP contribution in [0.1, 0.15) is 20.8 Å². The van der Waals surface area contributed by atoms with E-state index in [1.807, 2.05) is 12.5 Å².